The van der Waals surface area contributed by atoms with Gasteiger partial charge in [-0.05, 0) is 30.3 Å². The molecule has 1 N–H and O–H groups in total. The third-order valence-electron chi connectivity index (χ3n) is 2.37. The minimum absolute atomic E-state index is 0.159. The van der Waals surface area contributed by atoms with Gasteiger partial charge in [-0.1, -0.05) is 17.7 Å². The lowest BCUT2D eigenvalue weighted by Crippen LogP contribution is -2.15. The number of nitrogens with one attached hydrogen (secondary N) is 1. The van der Waals surface area contributed by atoms with E-state index in [9.17, 15) is 18.0 Å². The van der Waals surface area contributed by atoms with E-state index in [1.165, 1.54) is 18.2 Å². The molecule has 0 heterocycles. The molecule has 19 heavy (non-hydrogen) atoms. The molecule has 98 valence electrons. The monoisotopic (exact) mass is 285 g/mol. The number of hydrogen-bond acceptors (Lipinski definition) is 1. The number of benzene rings is 2. The van der Waals surface area contributed by atoms with E-state index in [0.29, 0.717) is 0 Å². The minimum Gasteiger partial charge on any atom is -0.319 e. The van der Waals surface area contributed by atoms with E-state index in [-0.39, 0.29) is 16.3 Å². The van der Waals surface area contributed by atoms with Gasteiger partial charge < -0.3 is 5.32 Å². The minimum atomic E-state index is -1.21. The zero-order chi connectivity index (χ0) is 14.0. The van der Waals surface area contributed by atoms with Gasteiger partial charge in [0, 0.05) is 5.02 Å². The number of halogens is 4. The number of carbonyl (C=O) groups is 1. The molecule has 0 spiro atoms. The average molecular weight is 286 g/mol. The van der Waals surface area contributed by atoms with E-state index in [0.717, 1.165) is 18.2 Å². The first-order valence-electron chi connectivity index (χ1n) is 5.19. The van der Waals surface area contributed by atoms with Crippen LogP contribution in [0.3, 0.4) is 0 Å². The highest BCUT2D eigenvalue weighted by Gasteiger charge is 2.15. The molecule has 0 unspecified atom stereocenters. The fourth-order valence-corrected chi connectivity index (χ4v) is 1.63. The summed E-state index contributed by atoms with van der Waals surface area (Å²) in [5, 5.41) is 2.24. The topological polar surface area (TPSA) is 29.1 Å². The van der Waals surface area contributed by atoms with Crippen LogP contribution in [0.25, 0.3) is 0 Å². The van der Waals surface area contributed by atoms with Crippen LogP contribution in [0, 0.1) is 17.5 Å². The van der Waals surface area contributed by atoms with Crippen LogP contribution in [0.1, 0.15) is 10.4 Å². The zero-order valence-corrected chi connectivity index (χ0v) is 10.1. The second kappa shape index (κ2) is 5.32. The lowest BCUT2D eigenvalue weighted by molar-refractivity contribution is 0.102. The SMILES string of the molecule is O=C(Nc1cccc(F)c1F)c1cc(Cl)ccc1F. The normalized spacial score (nSPS) is 10.3. The van der Waals surface area contributed by atoms with Crippen molar-refractivity contribution in [3.63, 3.8) is 0 Å². The van der Waals surface area contributed by atoms with Crippen molar-refractivity contribution in [3.8, 4) is 0 Å². The van der Waals surface area contributed by atoms with Gasteiger partial charge in [-0.3, -0.25) is 4.79 Å². The highest BCUT2D eigenvalue weighted by Crippen LogP contribution is 2.20. The first-order valence-corrected chi connectivity index (χ1v) is 5.57. The van der Waals surface area contributed by atoms with Gasteiger partial charge in [0.1, 0.15) is 5.82 Å². The highest BCUT2D eigenvalue weighted by atomic mass is 35.5. The Labute approximate surface area is 111 Å². The number of rotatable bonds is 2. The molecule has 0 aromatic heterocycles. The van der Waals surface area contributed by atoms with Crippen LogP contribution in [0.4, 0.5) is 18.9 Å². The molecule has 2 aromatic carbocycles. The molecule has 0 radical (unpaired) electrons. The quantitative estimate of drug-likeness (QED) is 0.887. The van der Waals surface area contributed by atoms with Crippen LogP contribution in [-0.4, -0.2) is 5.91 Å². The van der Waals surface area contributed by atoms with Crippen molar-refractivity contribution in [2.45, 2.75) is 0 Å². The van der Waals surface area contributed by atoms with Crippen LogP contribution < -0.4 is 5.32 Å². The molecule has 2 nitrogen and oxygen atoms in total. The van der Waals surface area contributed by atoms with Crippen LogP contribution in [0.2, 0.25) is 5.02 Å². The number of carbonyl (C=O) groups excluding carboxylic acids is 1. The highest BCUT2D eigenvalue weighted by molar-refractivity contribution is 6.31. The van der Waals surface area contributed by atoms with Crippen LogP contribution in [-0.2, 0) is 0 Å². The van der Waals surface area contributed by atoms with E-state index in [1.807, 2.05) is 0 Å². The molecule has 0 aliphatic carbocycles. The maximum atomic E-state index is 13.4. The predicted molar refractivity (Wildman–Crippen MR) is 65.7 cm³/mol. The summed E-state index contributed by atoms with van der Waals surface area (Å²) in [5.74, 6) is -4.04. The Morgan fingerprint density at radius 2 is 1.79 bits per heavy atom. The van der Waals surface area contributed by atoms with Gasteiger partial charge in [0.25, 0.3) is 5.91 Å². The van der Waals surface area contributed by atoms with Crippen molar-refractivity contribution in [1.82, 2.24) is 0 Å². The Hall–Kier alpha value is -2.01. The molecule has 0 fully saturated rings. The van der Waals surface area contributed by atoms with Crippen molar-refractivity contribution in [3.05, 3.63) is 64.4 Å². The van der Waals surface area contributed by atoms with Gasteiger partial charge in [-0.25, -0.2) is 13.2 Å². The summed E-state index contributed by atoms with van der Waals surface area (Å²) in [6.45, 7) is 0. The van der Waals surface area contributed by atoms with Crippen molar-refractivity contribution in [1.29, 1.82) is 0 Å². The first-order chi connectivity index (χ1) is 8.99. The fraction of sp³-hybridized carbons (Fsp3) is 0. The second-order valence-corrected chi connectivity index (χ2v) is 4.12. The molecule has 6 heteroatoms. The van der Waals surface area contributed by atoms with Crippen LogP contribution in [0.5, 0.6) is 0 Å². The molecular formula is C13H7ClF3NO. The lowest BCUT2D eigenvalue weighted by atomic mass is 10.2. The molecule has 2 rings (SSSR count). The molecular weight excluding hydrogens is 279 g/mol. The van der Waals surface area contributed by atoms with E-state index in [2.05, 4.69) is 5.32 Å². The van der Waals surface area contributed by atoms with Gasteiger partial charge in [-0.15, -0.1) is 0 Å². The second-order valence-electron chi connectivity index (χ2n) is 3.68. The Bertz CT molecular complexity index is 646. The lowest BCUT2D eigenvalue weighted by Gasteiger charge is -2.07. The molecule has 2 aromatic rings. The van der Waals surface area contributed by atoms with E-state index >= 15 is 0 Å². The zero-order valence-electron chi connectivity index (χ0n) is 9.38. The summed E-state index contributed by atoms with van der Waals surface area (Å²) in [6, 6.07) is 6.69. The summed E-state index contributed by atoms with van der Waals surface area (Å²) in [6.07, 6.45) is 0. The largest absolute Gasteiger partial charge is 0.319 e. The average Bonchev–Trinajstić information content (AvgIpc) is 2.38. The molecule has 0 aliphatic heterocycles. The van der Waals surface area contributed by atoms with Gasteiger partial charge in [-0.2, -0.15) is 0 Å². The van der Waals surface area contributed by atoms with Crippen molar-refractivity contribution < 1.29 is 18.0 Å². The third kappa shape index (κ3) is 2.88. The Balaban J connectivity index is 2.31. The van der Waals surface area contributed by atoms with Gasteiger partial charge in [0.05, 0.1) is 11.3 Å². The first kappa shape index (κ1) is 13.4. The Kier molecular flexibility index (Phi) is 3.76. The Morgan fingerprint density at radius 1 is 1.05 bits per heavy atom. The molecule has 0 bridgehead atoms. The van der Waals surface area contributed by atoms with Gasteiger partial charge in [0.2, 0.25) is 0 Å². The summed E-state index contributed by atoms with van der Waals surface area (Å²) >= 11 is 5.64. The summed E-state index contributed by atoms with van der Waals surface area (Å²) < 4.78 is 39.7. The molecule has 0 saturated carbocycles. The number of hydrogen-bond donors (Lipinski definition) is 1. The standard InChI is InChI=1S/C13H7ClF3NO/c14-7-4-5-9(15)8(6-7)13(19)18-11-3-1-2-10(16)12(11)17/h1-6H,(H,18,19). The maximum Gasteiger partial charge on any atom is 0.258 e. The van der Waals surface area contributed by atoms with E-state index < -0.39 is 23.4 Å². The van der Waals surface area contributed by atoms with Gasteiger partial charge in [0.15, 0.2) is 11.6 Å². The van der Waals surface area contributed by atoms with E-state index in [4.69, 9.17) is 11.6 Å². The van der Waals surface area contributed by atoms with Crippen molar-refractivity contribution in [2.75, 3.05) is 5.32 Å². The van der Waals surface area contributed by atoms with Crippen molar-refractivity contribution >= 4 is 23.2 Å². The van der Waals surface area contributed by atoms with Crippen LogP contribution in [0.15, 0.2) is 36.4 Å². The maximum absolute atomic E-state index is 13.4. The predicted octanol–water partition coefficient (Wildman–Crippen LogP) is 4.01. The van der Waals surface area contributed by atoms with Crippen LogP contribution >= 0.6 is 11.6 Å². The van der Waals surface area contributed by atoms with E-state index in [1.54, 1.807) is 0 Å². The molecule has 1 amide bonds. The van der Waals surface area contributed by atoms with Crippen molar-refractivity contribution in [2.24, 2.45) is 0 Å². The molecule has 0 atom stereocenters. The number of anilines is 1. The third-order valence-corrected chi connectivity index (χ3v) is 2.61. The summed E-state index contributed by atoms with van der Waals surface area (Å²) in [7, 11) is 0. The Morgan fingerprint density at radius 3 is 2.53 bits per heavy atom. The fourth-order valence-electron chi connectivity index (χ4n) is 1.46. The molecule has 0 saturated heterocycles. The molecule has 0 aliphatic rings. The summed E-state index contributed by atoms with van der Waals surface area (Å²) in [5.41, 5.74) is -0.722. The smallest absolute Gasteiger partial charge is 0.258 e. The van der Waals surface area contributed by atoms with Gasteiger partial charge >= 0.3 is 0 Å². The number of amides is 1. The summed E-state index contributed by atoms with van der Waals surface area (Å²) in [4.78, 5) is 11.8.